The minimum Gasteiger partial charge on any atom is -0.494 e. The van der Waals surface area contributed by atoms with E-state index in [1.165, 1.54) is 12.2 Å². The average Bonchev–Trinajstić information content (AvgIpc) is 3.44. The lowest BCUT2D eigenvalue weighted by Gasteiger charge is -2.09. The summed E-state index contributed by atoms with van der Waals surface area (Å²) in [6.45, 7) is 25.0. The van der Waals surface area contributed by atoms with E-state index in [0.29, 0.717) is 67.8 Å². The number of ether oxygens (including phenoxy) is 7. The Morgan fingerprint density at radius 2 is 1.07 bits per heavy atom. The molecule has 0 amide bonds. The van der Waals surface area contributed by atoms with E-state index in [1.54, 1.807) is 62.6 Å². The smallest absolute Gasteiger partial charge is 0.343 e. The molecule has 2 N–H and O–H groups in total. The summed E-state index contributed by atoms with van der Waals surface area (Å²) in [4.78, 5) is 46.2. The second kappa shape index (κ2) is 44.9. The van der Waals surface area contributed by atoms with Crippen molar-refractivity contribution in [3.8, 4) is 28.4 Å². The maximum Gasteiger partial charge on any atom is 0.343 e. The molecule has 4 aromatic carbocycles. The van der Waals surface area contributed by atoms with Crippen LogP contribution in [0.25, 0.3) is 16.7 Å². The van der Waals surface area contributed by atoms with Crippen LogP contribution in [0.2, 0.25) is 0 Å². The minimum absolute atomic E-state index is 0.122. The standard InChI is InChI=1S/C50H56O10.C4H6O.C3H8O2.2C2H6/c1-4-38(16-15-34-55-33-11-7-8-13-36-57-47(51)5-2)39-17-21-42(22-18-39)49(53)59-45-29-31-46(32-30-45)60-50(54)43-23-19-40(20-24-43)41-25-27-44(28-26-41)56-35-12-9-10-14-37-58-48(52)6-3;1-4(2)3-5;1-5-3-2-4;2*1-2/h4-6,15-32,48,52H,2-3,7-14,33-37H2,1H3;3H,1H2,2H3;4H,2-3H2,1H3;2*1-2H3/b16-15-,38-4+;;;;. The predicted molar refractivity (Wildman–Crippen MR) is 297 cm³/mol. The Balaban J connectivity index is 0.00000339. The highest BCUT2D eigenvalue weighted by atomic mass is 16.6. The van der Waals surface area contributed by atoms with Crippen molar-refractivity contribution in [3.05, 3.63) is 169 Å². The fraction of sp³-hybridized carbons (Fsp3) is 0.377. The van der Waals surface area contributed by atoms with Gasteiger partial charge < -0.3 is 43.4 Å². The van der Waals surface area contributed by atoms with Crippen molar-refractivity contribution in [1.82, 2.24) is 0 Å². The molecule has 74 heavy (non-hydrogen) atoms. The molecule has 0 saturated heterocycles. The fourth-order valence-corrected chi connectivity index (χ4v) is 5.94. The molecule has 4 rings (SSSR count). The van der Waals surface area contributed by atoms with E-state index >= 15 is 0 Å². The Hall–Kier alpha value is -6.74. The molecular formula is C61H82O13. The normalized spacial score (nSPS) is 10.7. The average molecular weight is 1020 g/mol. The van der Waals surface area contributed by atoms with Crippen LogP contribution in [0, 0.1) is 0 Å². The summed E-state index contributed by atoms with van der Waals surface area (Å²) in [5, 5.41) is 17.3. The first kappa shape index (κ1) is 67.3. The Labute approximate surface area is 441 Å². The highest BCUT2D eigenvalue weighted by Gasteiger charge is 2.12. The van der Waals surface area contributed by atoms with Gasteiger partial charge in [0.2, 0.25) is 0 Å². The molecule has 13 nitrogen and oxygen atoms in total. The van der Waals surface area contributed by atoms with Gasteiger partial charge in [0.25, 0.3) is 0 Å². The highest BCUT2D eigenvalue weighted by Crippen LogP contribution is 2.25. The van der Waals surface area contributed by atoms with Crippen LogP contribution in [0.3, 0.4) is 0 Å². The summed E-state index contributed by atoms with van der Waals surface area (Å²) in [6, 6.07) is 28.5. The quantitative estimate of drug-likeness (QED) is 0.00739. The van der Waals surface area contributed by atoms with Gasteiger partial charge in [-0.3, -0.25) is 4.79 Å². The largest absolute Gasteiger partial charge is 0.494 e. The van der Waals surface area contributed by atoms with Crippen LogP contribution in [0.4, 0.5) is 0 Å². The number of aliphatic hydroxyl groups is 2. The lowest BCUT2D eigenvalue weighted by molar-refractivity contribution is -0.137. The Morgan fingerprint density at radius 1 is 0.622 bits per heavy atom. The molecule has 4 aromatic rings. The molecule has 0 bridgehead atoms. The summed E-state index contributed by atoms with van der Waals surface area (Å²) in [6.07, 6.45) is 15.9. The Kier molecular flexibility index (Phi) is 40.8. The number of rotatable bonds is 30. The van der Waals surface area contributed by atoms with Crippen molar-refractivity contribution >= 4 is 29.8 Å². The molecular weight excluding hydrogens is 941 g/mol. The number of aliphatic hydroxyl groups excluding tert-OH is 2. The molecule has 1 atom stereocenters. The van der Waals surface area contributed by atoms with Gasteiger partial charge in [0.1, 0.15) is 23.5 Å². The molecule has 0 fully saturated rings. The summed E-state index contributed by atoms with van der Waals surface area (Å²) in [5.74, 6) is 0.0305. The highest BCUT2D eigenvalue weighted by molar-refractivity contribution is 5.92. The number of aldehydes is 1. The number of carbonyl (C=O) groups excluding carboxylic acids is 4. The number of esters is 3. The molecule has 0 aliphatic carbocycles. The van der Waals surface area contributed by atoms with Crippen molar-refractivity contribution < 1.29 is 62.5 Å². The van der Waals surface area contributed by atoms with Crippen LogP contribution in [-0.2, 0) is 28.5 Å². The van der Waals surface area contributed by atoms with Crippen LogP contribution in [0.15, 0.2) is 153 Å². The van der Waals surface area contributed by atoms with Crippen molar-refractivity contribution in [2.24, 2.45) is 0 Å². The maximum absolute atomic E-state index is 12.9. The zero-order valence-corrected chi connectivity index (χ0v) is 44.9. The second-order valence-corrected chi connectivity index (χ2v) is 15.4. The summed E-state index contributed by atoms with van der Waals surface area (Å²) in [5.41, 5.74) is 5.26. The third-order valence-electron chi connectivity index (χ3n) is 9.72. The van der Waals surface area contributed by atoms with Gasteiger partial charge in [0, 0.05) is 19.8 Å². The van der Waals surface area contributed by atoms with E-state index in [4.69, 9.17) is 33.5 Å². The molecule has 0 radical (unpaired) electrons. The molecule has 0 heterocycles. The summed E-state index contributed by atoms with van der Waals surface area (Å²) >= 11 is 0. The SMILES string of the molecule is C=C(C)C=O.C=CC(=O)OCCCCCCOC/C=C\C(=C/C)c1ccc(C(=O)Oc2ccc(OC(=O)c3ccc(-c4ccc(OCCCCCCOC(O)C=C)cc4)cc3)cc2)cc1.CC.CC.COCCO. The number of carbonyl (C=O) groups is 4. The van der Waals surface area contributed by atoms with Crippen LogP contribution < -0.4 is 14.2 Å². The van der Waals surface area contributed by atoms with Gasteiger partial charge in [-0.25, -0.2) is 14.4 Å². The molecule has 404 valence electrons. The number of methoxy groups -OCH3 is 1. The lowest BCUT2D eigenvalue weighted by Crippen LogP contribution is -2.09. The van der Waals surface area contributed by atoms with Gasteiger partial charge in [0.05, 0.1) is 50.8 Å². The van der Waals surface area contributed by atoms with E-state index in [0.717, 1.165) is 85.7 Å². The Bertz CT molecular complexity index is 2190. The number of hydrogen-bond acceptors (Lipinski definition) is 13. The maximum atomic E-state index is 12.9. The van der Waals surface area contributed by atoms with E-state index in [-0.39, 0.29) is 12.6 Å². The third-order valence-corrected chi connectivity index (χ3v) is 9.72. The molecule has 0 aromatic heterocycles. The molecule has 0 spiro atoms. The van der Waals surface area contributed by atoms with Gasteiger partial charge in [-0.15, -0.1) is 0 Å². The van der Waals surface area contributed by atoms with Gasteiger partial charge >= 0.3 is 17.9 Å². The molecule has 0 aliphatic heterocycles. The minimum atomic E-state index is -0.898. The summed E-state index contributed by atoms with van der Waals surface area (Å²) in [7, 11) is 1.55. The number of unbranched alkanes of at least 4 members (excludes halogenated alkanes) is 6. The second-order valence-electron chi connectivity index (χ2n) is 15.4. The summed E-state index contributed by atoms with van der Waals surface area (Å²) < 4.78 is 37.3. The van der Waals surface area contributed by atoms with E-state index in [2.05, 4.69) is 24.5 Å². The predicted octanol–water partition coefficient (Wildman–Crippen LogP) is 13.0. The van der Waals surface area contributed by atoms with E-state index < -0.39 is 18.2 Å². The molecule has 13 heteroatoms. The molecule has 0 saturated carbocycles. The van der Waals surface area contributed by atoms with Crippen LogP contribution in [0.5, 0.6) is 17.2 Å². The Morgan fingerprint density at radius 3 is 1.51 bits per heavy atom. The van der Waals surface area contributed by atoms with Crippen LogP contribution >= 0.6 is 0 Å². The fourth-order valence-electron chi connectivity index (χ4n) is 5.94. The first-order valence-corrected chi connectivity index (χ1v) is 25.3. The van der Waals surface area contributed by atoms with Crippen LogP contribution in [-0.4, -0.2) is 94.1 Å². The monoisotopic (exact) mass is 1020 g/mol. The van der Waals surface area contributed by atoms with Crippen molar-refractivity contribution in [1.29, 1.82) is 0 Å². The first-order chi connectivity index (χ1) is 36.0. The zero-order chi connectivity index (χ0) is 55.2. The van der Waals surface area contributed by atoms with Gasteiger partial charge in [0.15, 0.2) is 6.29 Å². The van der Waals surface area contributed by atoms with Gasteiger partial charge in [-0.05, 0) is 147 Å². The van der Waals surface area contributed by atoms with E-state index in [9.17, 15) is 24.3 Å². The number of benzene rings is 4. The van der Waals surface area contributed by atoms with Crippen LogP contribution in [0.1, 0.15) is 119 Å². The van der Waals surface area contributed by atoms with E-state index in [1.807, 2.05) is 101 Å². The van der Waals surface area contributed by atoms with Crippen molar-refractivity contribution in [2.45, 2.75) is 99.2 Å². The third kappa shape index (κ3) is 31.7. The van der Waals surface area contributed by atoms with Gasteiger partial charge in [-0.1, -0.05) is 115 Å². The van der Waals surface area contributed by atoms with Gasteiger partial charge in [-0.2, -0.15) is 0 Å². The van der Waals surface area contributed by atoms with Crippen molar-refractivity contribution in [2.75, 3.05) is 53.4 Å². The number of allylic oxidation sites excluding steroid dienone is 4. The molecule has 0 aliphatic rings. The molecule has 1 unspecified atom stereocenters. The first-order valence-electron chi connectivity index (χ1n) is 25.3. The van der Waals surface area contributed by atoms with Crippen molar-refractivity contribution in [3.63, 3.8) is 0 Å². The zero-order valence-electron chi connectivity index (χ0n) is 44.9. The topological polar surface area (TPSA) is 173 Å². The lowest BCUT2D eigenvalue weighted by atomic mass is 10.0. The number of hydrogen-bond donors (Lipinski definition) is 2.